The second-order valence-corrected chi connectivity index (χ2v) is 6.87. The van der Waals surface area contributed by atoms with E-state index in [1.807, 2.05) is 21.7 Å². The molecule has 1 N–H and O–H groups in total. The third-order valence-corrected chi connectivity index (χ3v) is 5.17. The van der Waals surface area contributed by atoms with Gasteiger partial charge in [0.1, 0.15) is 5.82 Å². The van der Waals surface area contributed by atoms with Crippen molar-refractivity contribution in [1.82, 2.24) is 20.1 Å². The summed E-state index contributed by atoms with van der Waals surface area (Å²) in [5.74, 6) is 2.15. The van der Waals surface area contributed by atoms with Crippen LogP contribution < -0.4 is 10.2 Å². The van der Waals surface area contributed by atoms with Gasteiger partial charge in [-0.05, 0) is 30.9 Å². The molecular weight excluding hydrogens is 314 g/mol. The average Bonchev–Trinajstić information content (AvgIpc) is 3.08. The van der Waals surface area contributed by atoms with Crippen LogP contribution in [0.25, 0.3) is 0 Å². The lowest BCUT2D eigenvalue weighted by atomic mass is 10.0. The lowest BCUT2D eigenvalue weighted by Crippen LogP contribution is -2.46. The van der Waals surface area contributed by atoms with Gasteiger partial charge in [0.15, 0.2) is 5.82 Å². The Morgan fingerprint density at radius 2 is 2.20 bits per heavy atom. The van der Waals surface area contributed by atoms with Crippen LogP contribution in [0.15, 0.2) is 24.3 Å². The number of benzene rings is 1. The van der Waals surface area contributed by atoms with Crippen LogP contribution in [0.3, 0.4) is 0 Å². The minimum Gasteiger partial charge on any atom is -0.311 e. The summed E-state index contributed by atoms with van der Waals surface area (Å²) >= 11 is 0. The minimum atomic E-state index is 0.158. The van der Waals surface area contributed by atoms with Gasteiger partial charge >= 0.3 is 0 Å². The number of rotatable bonds is 4. The second-order valence-electron chi connectivity index (χ2n) is 6.87. The van der Waals surface area contributed by atoms with Gasteiger partial charge in [0.2, 0.25) is 5.91 Å². The minimum absolute atomic E-state index is 0.158. The average molecular weight is 339 g/mol. The molecule has 4 rings (SSSR count). The highest BCUT2D eigenvalue weighted by atomic mass is 16.2. The third-order valence-electron chi connectivity index (χ3n) is 5.17. The number of hydrogen-bond acceptors (Lipinski definition) is 4. The summed E-state index contributed by atoms with van der Waals surface area (Å²) in [4.78, 5) is 19.2. The lowest BCUT2D eigenvalue weighted by molar-refractivity contribution is -0.118. The maximum absolute atomic E-state index is 12.7. The zero-order valence-corrected chi connectivity index (χ0v) is 14.7. The van der Waals surface area contributed by atoms with Gasteiger partial charge in [-0.2, -0.15) is 5.10 Å². The second kappa shape index (κ2) is 6.96. The number of nitrogens with zero attached hydrogens (tertiary/aromatic N) is 4. The molecule has 0 saturated heterocycles. The van der Waals surface area contributed by atoms with Gasteiger partial charge in [-0.15, -0.1) is 0 Å². The Morgan fingerprint density at radius 3 is 3.08 bits per heavy atom. The number of hydrogen-bond donors (Lipinski definition) is 1. The largest absolute Gasteiger partial charge is 0.311 e. The van der Waals surface area contributed by atoms with Crippen LogP contribution in [0.4, 0.5) is 5.69 Å². The first kappa shape index (κ1) is 16.3. The van der Waals surface area contributed by atoms with Crippen molar-refractivity contribution in [2.75, 3.05) is 18.0 Å². The standard InChI is InChI=1S/C19H25N5O/c1-2-17-21-18-10-9-15(13-24(18)22-17)20-12-19(25)23-11-5-7-14-6-3-4-8-16(14)23/h3-4,6,8,15,20H,2,5,7,9-13H2,1H3/t15-/m0/s1. The molecule has 1 atom stereocenters. The molecule has 25 heavy (non-hydrogen) atoms. The van der Waals surface area contributed by atoms with Gasteiger partial charge in [0.05, 0.1) is 13.1 Å². The van der Waals surface area contributed by atoms with E-state index in [0.717, 1.165) is 62.5 Å². The summed E-state index contributed by atoms with van der Waals surface area (Å²) in [6.45, 7) is 4.07. The van der Waals surface area contributed by atoms with Crippen molar-refractivity contribution in [3.63, 3.8) is 0 Å². The maximum Gasteiger partial charge on any atom is 0.240 e. The summed E-state index contributed by atoms with van der Waals surface area (Å²) in [7, 11) is 0. The summed E-state index contributed by atoms with van der Waals surface area (Å²) in [6, 6.07) is 8.52. The molecule has 0 unspecified atom stereocenters. The normalized spacial score (nSPS) is 19.4. The molecule has 2 aliphatic rings. The smallest absolute Gasteiger partial charge is 0.240 e. The van der Waals surface area contributed by atoms with Gasteiger partial charge in [0.25, 0.3) is 0 Å². The Hall–Kier alpha value is -2.21. The van der Waals surface area contributed by atoms with E-state index in [9.17, 15) is 4.79 Å². The fourth-order valence-corrected chi connectivity index (χ4v) is 3.80. The highest BCUT2D eigenvalue weighted by molar-refractivity contribution is 5.95. The molecule has 1 amide bonds. The van der Waals surface area contributed by atoms with Crippen molar-refractivity contribution in [2.45, 2.75) is 51.6 Å². The molecule has 1 aromatic heterocycles. The number of aromatic nitrogens is 3. The van der Waals surface area contributed by atoms with Gasteiger partial charge < -0.3 is 10.2 Å². The molecule has 2 aromatic rings. The fraction of sp³-hybridized carbons (Fsp3) is 0.526. The number of para-hydroxylation sites is 1. The number of fused-ring (bicyclic) bond motifs is 2. The molecule has 0 radical (unpaired) electrons. The molecule has 0 aliphatic carbocycles. The van der Waals surface area contributed by atoms with Gasteiger partial charge in [0, 0.05) is 31.1 Å². The predicted molar refractivity (Wildman–Crippen MR) is 96.6 cm³/mol. The lowest BCUT2D eigenvalue weighted by Gasteiger charge is -2.30. The molecule has 3 heterocycles. The van der Waals surface area contributed by atoms with Crippen molar-refractivity contribution >= 4 is 11.6 Å². The number of amides is 1. The fourth-order valence-electron chi connectivity index (χ4n) is 3.80. The summed E-state index contributed by atoms with van der Waals surface area (Å²) < 4.78 is 2.00. The van der Waals surface area contributed by atoms with E-state index in [1.165, 1.54) is 5.56 Å². The number of nitrogens with one attached hydrogen (secondary N) is 1. The zero-order valence-electron chi connectivity index (χ0n) is 14.7. The van der Waals surface area contributed by atoms with Crippen LogP contribution >= 0.6 is 0 Å². The Morgan fingerprint density at radius 1 is 1.32 bits per heavy atom. The summed E-state index contributed by atoms with van der Waals surface area (Å²) in [5, 5.41) is 7.97. The molecule has 132 valence electrons. The third kappa shape index (κ3) is 3.31. The Bertz CT molecular complexity index is 769. The van der Waals surface area contributed by atoms with Gasteiger partial charge in [-0.1, -0.05) is 25.1 Å². The Kier molecular flexibility index (Phi) is 4.53. The monoisotopic (exact) mass is 339 g/mol. The molecule has 0 fully saturated rings. The predicted octanol–water partition coefficient (Wildman–Crippen LogP) is 1.72. The molecule has 6 nitrogen and oxygen atoms in total. The highest BCUT2D eigenvalue weighted by Gasteiger charge is 2.25. The van der Waals surface area contributed by atoms with Crippen molar-refractivity contribution in [3.8, 4) is 0 Å². The molecular formula is C19H25N5O. The summed E-state index contributed by atoms with van der Waals surface area (Å²) in [5.41, 5.74) is 2.36. The van der Waals surface area contributed by atoms with Crippen LogP contribution in [-0.2, 0) is 30.6 Å². The van der Waals surface area contributed by atoms with Crippen LogP contribution in [0.1, 0.15) is 37.0 Å². The Labute approximate surface area is 148 Å². The SMILES string of the molecule is CCc1nc2n(n1)C[C@@H](NCC(=O)N1CCCc3ccccc31)CC2. The highest BCUT2D eigenvalue weighted by Crippen LogP contribution is 2.26. The van der Waals surface area contributed by atoms with Gasteiger partial charge in [-0.25, -0.2) is 9.67 Å². The molecule has 0 spiro atoms. The molecule has 6 heteroatoms. The number of anilines is 1. The molecule has 1 aromatic carbocycles. The van der Waals surface area contributed by atoms with E-state index < -0.39 is 0 Å². The molecule has 0 bridgehead atoms. The van der Waals surface area contributed by atoms with Crippen LogP contribution in [-0.4, -0.2) is 39.8 Å². The van der Waals surface area contributed by atoms with Crippen molar-refractivity contribution in [3.05, 3.63) is 41.5 Å². The maximum atomic E-state index is 12.7. The van der Waals surface area contributed by atoms with Crippen LogP contribution in [0.2, 0.25) is 0 Å². The summed E-state index contributed by atoms with van der Waals surface area (Å²) in [6.07, 6.45) is 4.89. The topological polar surface area (TPSA) is 63.1 Å². The van der Waals surface area contributed by atoms with Crippen molar-refractivity contribution in [2.24, 2.45) is 0 Å². The number of carbonyl (C=O) groups is 1. The first-order chi connectivity index (χ1) is 12.2. The van der Waals surface area contributed by atoms with E-state index in [4.69, 9.17) is 0 Å². The van der Waals surface area contributed by atoms with E-state index >= 15 is 0 Å². The first-order valence-corrected chi connectivity index (χ1v) is 9.29. The first-order valence-electron chi connectivity index (χ1n) is 9.29. The number of carbonyl (C=O) groups excluding carboxylic acids is 1. The van der Waals surface area contributed by atoms with E-state index in [1.54, 1.807) is 0 Å². The van der Waals surface area contributed by atoms with Gasteiger partial charge in [-0.3, -0.25) is 4.79 Å². The Balaban J connectivity index is 1.37. The molecule has 2 aliphatic heterocycles. The van der Waals surface area contributed by atoms with Crippen LogP contribution in [0.5, 0.6) is 0 Å². The van der Waals surface area contributed by atoms with Crippen molar-refractivity contribution < 1.29 is 4.79 Å². The zero-order chi connectivity index (χ0) is 17.2. The number of aryl methyl sites for hydroxylation is 3. The molecule has 0 saturated carbocycles. The van der Waals surface area contributed by atoms with Crippen molar-refractivity contribution in [1.29, 1.82) is 0 Å². The van der Waals surface area contributed by atoms with E-state index in [0.29, 0.717) is 6.54 Å². The van der Waals surface area contributed by atoms with E-state index in [2.05, 4.69) is 34.5 Å². The quantitative estimate of drug-likeness (QED) is 0.921. The van der Waals surface area contributed by atoms with E-state index in [-0.39, 0.29) is 11.9 Å². The van der Waals surface area contributed by atoms with Crippen LogP contribution in [0, 0.1) is 0 Å².